The van der Waals surface area contributed by atoms with E-state index in [-0.39, 0.29) is 0 Å². The number of fused-ring (bicyclic) bond motifs is 1. The van der Waals surface area contributed by atoms with E-state index in [1.807, 2.05) is 18.2 Å². The lowest BCUT2D eigenvalue weighted by Gasteiger charge is -1.95. The van der Waals surface area contributed by atoms with Crippen molar-refractivity contribution in [2.45, 2.75) is 0 Å². The van der Waals surface area contributed by atoms with Gasteiger partial charge in [0.25, 0.3) is 0 Å². The first-order valence-corrected chi connectivity index (χ1v) is 3.86. The van der Waals surface area contributed by atoms with Crippen molar-refractivity contribution in [1.29, 1.82) is 0 Å². The molecule has 13 heavy (non-hydrogen) atoms. The molecular weight excluding hydrogens is 165 g/mol. The van der Waals surface area contributed by atoms with Crippen molar-refractivity contribution in [3.05, 3.63) is 42.1 Å². The maximum absolute atomic E-state index is 11.7. The molecule has 0 aliphatic carbocycles. The molecule has 62 valence electrons. The van der Waals surface area contributed by atoms with Gasteiger partial charge in [-0.1, -0.05) is 12.1 Å². The van der Waals surface area contributed by atoms with Gasteiger partial charge in [0.15, 0.2) is 0 Å². The molecule has 0 saturated heterocycles. The average molecular weight is 171 g/mol. The third-order valence-corrected chi connectivity index (χ3v) is 1.80. The van der Waals surface area contributed by atoms with Crippen LogP contribution in [0.25, 0.3) is 10.9 Å². The van der Waals surface area contributed by atoms with E-state index in [0.29, 0.717) is 5.56 Å². The number of benzene rings is 1. The maximum Gasteiger partial charge on any atom is 0.111 e. The van der Waals surface area contributed by atoms with Gasteiger partial charge in [-0.15, -0.1) is 4.39 Å². The quantitative estimate of drug-likeness (QED) is 0.555. The normalized spacial score (nSPS) is 9.31. The molecule has 2 rings (SSSR count). The molecular formula is C11H6FN. The summed E-state index contributed by atoms with van der Waals surface area (Å²) in [4.78, 5) is 4.13. The van der Waals surface area contributed by atoms with Crippen molar-refractivity contribution in [3.63, 3.8) is 0 Å². The van der Waals surface area contributed by atoms with E-state index in [9.17, 15) is 4.39 Å². The Kier molecular flexibility index (Phi) is 1.93. The van der Waals surface area contributed by atoms with Crippen molar-refractivity contribution in [1.82, 2.24) is 4.98 Å². The summed E-state index contributed by atoms with van der Waals surface area (Å²) < 4.78 is 11.7. The Hall–Kier alpha value is -1.88. The first-order chi connectivity index (χ1) is 6.40. The summed E-state index contributed by atoms with van der Waals surface area (Å²) in [5.41, 5.74) is 1.48. The number of halogens is 1. The van der Waals surface area contributed by atoms with Crippen molar-refractivity contribution < 1.29 is 4.39 Å². The summed E-state index contributed by atoms with van der Waals surface area (Å²) in [7, 11) is 0. The van der Waals surface area contributed by atoms with Crippen LogP contribution >= 0.6 is 0 Å². The van der Waals surface area contributed by atoms with Gasteiger partial charge >= 0.3 is 0 Å². The van der Waals surface area contributed by atoms with E-state index in [1.54, 1.807) is 18.3 Å². The Labute approximate surface area is 75.2 Å². The van der Waals surface area contributed by atoms with Gasteiger partial charge < -0.3 is 0 Å². The second-order valence-electron chi connectivity index (χ2n) is 2.63. The third-order valence-electron chi connectivity index (χ3n) is 1.80. The van der Waals surface area contributed by atoms with Gasteiger partial charge in [-0.05, 0) is 24.1 Å². The van der Waals surface area contributed by atoms with Crippen LogP contribution in [0.2, 0.25) is 0 Å². The predicted molar refractivity (Wildman–Crippen MR) is 49.7 cm³/mol. The fraction of sp³-hybridized carbons (Fsp3) is 0. The Morgan fingerprint density at radius 3 is 3.00 bits per heavy atom. The van der Waals surface area contributed by atoms with Gasteiger partial charge in [0, 0.05) is 17.1 Å². The van der Waals surface area contributed by atoms with E-state index in [1.165, 1.54) is 6.17 Å². The molecule has 0 spiro atoms. The molecule has 0 bridgehead atoms. The molecule has 1 heterocycles. The van der Waals surface area contributed by atoms with E-state index < -0.39 is 0 Å². The molecule has 0 N–H and O–H groups in total. The van der Waals surface area contributed by atoms with Gasteiger partial charge in [0.1, 0.15) is 6.17 Å². The smallest absolute Gasteiger partial charge is 0.111 e. The van der Waals surface area contributed by atoms with Crippen molar-refractivity contribution in [2.24, 2.45) is 0 Å². The van der Waals surface area contributed by atoms with Gasteiger partial charge in [0.05, 0.1) is 5.52 Å². The summed E-state index contributed by atoms with van der Waals surface area (Å²) in [5.74, 6) is 2.34. The highest BCUT2D eigenvalue weighted by Crippen LogP contribution is 2.12. The number of rotatable bonds is 0. The second kappa shape index (κ2) is 3.24. The molecule has 0 amide bonds. The first-order valence-electron chi connectivity index (χ1n) is 3.86. The van der Waals surface area contributed by atoms with Crippen LogP contribution < -0.4 is 0 Å². The lowest BCUT2D eigenvalue weighted by Crippen LogP contribution is -1.79. The Morgan fingerprint density at radius 1 is 1.23 bits per heavy atom. The van der Waals surface area contributed by atoms with Crippen molar-refractivity contribution >= 4 is 10.9 Å². The number of aromatic nitrogens is 1. The molecule has 0 fully saturated rings. The summed E-state index contributed by atoms with van der Waals surface area (Å²) >= 11 is 0. The lowest BCUT2D eigenvalue weighted by molar-refractivity contribution is 0.774. The summed E-state index contributed by atoms with van der Waals surface area (Å²) in [5, 5.41) is 1.03. The molecule has 0 saturated carbocycles. The highest BCUT2D eigenvalue weighted by molar-refractivity contribution is 5.79. The number of hydrogen-bond acceptors (Lipinski definition) is 1. The fourth-order valence-corrected chi connectivity index (χ4v) is 1.20. The van der Waals surface area contributed by atoms with E-state index in [0.717, 1.165) is 10.9 Å². The van der Waals surface area contributed by atoms with Gasteiger partial charge in [-0.3, -0.25) is 4.98 Å². The van der Waals surface area contributed by atoms with Crippen LogP contribution in [0.4, 0.5) is 4.39 Å². The highest BCUT2D eigenvalue weighted by atomic mass is 19.1. The third kappa shape index (κ3) is 1.50. The highest BCUT2D eigenvalue weighted by Gasteiger charge is 1.93. The summed E-state index contributed by atoms with van der Waals surface area (Å²) in [6.45, 7) is 0. The topological polar surface area (TPSA) is 12.9 Å². The van der Waals surface area contributed by atoms with Gasteiger partial charge in [-0.2, -0.15) is 0 Å². The van der Waals surface area contributed by atoms with Crippen LogP contribution in [0, 0.1) is 12.1 Å². The lowest BCUT2D eigenvalue weighted by atomic mass is 10.1. The molecule has 0 unspecified atom stereocenters. The molecule has 1 aromatic carbocycles. The Balaban J connectivity index is 2.66. The Bertz CT molecular complexity index is 494. The number of pyridine rings is 1. The molecule has 1 nitrogen and oxygen atoms in total. The first kappa shape index (κ1) is 7.75. The van der Waals surface area contributed by atoms with Crippen LogP contribution in [0.15, 0.2) is 36.5 Å². The molecule has 0 radical (unpaired) electrons. The molecule has 0 aliphatic heterocycles. The standard InChI is InChI=1S/C11H6FN/c12-6-5-9-3-4-10-2-1-7-13-11(10)8-9/h1-4,7-8H. The van der Waals surface area contributed by atoms with Crippen molar-refractivity contribution in [3.8, 4) is 12.1 Å². The van der Waals surface area contributed by atoms with Crippen LogP contribution in [0.3, 0.4) is 0 Å². The second-order valence-corrected chi connectivity index (χ2v) is 2.63. The monoisotopic (exact) mass is 171 g/mol. The van der Waals surface area contributed by atoms with Crippen molar-refractivity contribution in [2.75, 3.05) is 0 Å². The van der Waals surface area contributed by atoms with E-state index in [2.05, 4.69) is 10.9 Å². The minimum atomic E-state index is 0.647. The molecule has 1 aromatic heterocycles. The largest absolute Gasteiger partial charge is 0.256 e. The summed E-state index contributed by atoms with van der Waals surface area (Å²) in [6, 6.07) is 9.23. The van der Waals surface area contributed by atoms with Crippen LogP contribution in [-0.4, -0.2) is 4.98 Å². The van der Waals surface area contributed by atoms with E-state index >= 15 is 0 Å². The zero-order valence-electron chi connectivity index (χ0n) is 6.79. The molecule has 2 aromatic rings. The molecule has 2 heteroatoms. The van der Waals surface area contributed by atoms with Gasteiger partial charge in [-0.25, -0.2) is 0 Å². The maximum atomic E-state index is 11.7. The van der Waals surface area contributed by atoms with Crippen LogP contribution in [0.5, 0.6) is 0 Å². The van der Waals surface area contributed by atoms with E-state index in [4.69, 9.17) is 0 Å². The predicted octanol–water partition coefficient (Wildman–Crippen LogP) is 2.51. The molecule has 0 atom stereocenters. The van der Waals surface area contributed by atoms with Crippen LogP contribution in [0.1, 0.15) is 5.56 Å². The van der Waals surface area contributed by atoms with Crippen LogP contribution in [-0.2, 0) is 0 Å². The summed E-state index contributed by atoms with van der Waals surface area (Å²) in [6.07, 6.45) is 3.07. The fourth-order valence-electron chi connectivity index (χ4n) is 1.20. The number of nitrogens with zero attached hydrogens (tertiary/aromatic N) is 1. The van der Waals surface area contributed by atoms with Gasteiger partial charge in [0.2, 0.25) is 0 Å². The average Bonchev–Trinajstić information content (AvgIpc) is 2.18. The number of hydrogen-bond donors (Lipinski definition) is 0. The zero-order valence-corrected chi connectivity index (χ0v) is 6.79. The Morgan fingerprint density at radius 2 is 2.15 bits per heavy atom. The SMILES string of the molecule is FC#Cc1ccc2cccnc2c1. The zero-order chi connectivity index (χ0) is 9.10. The minimum absolute atomic E-state index is 0.647. The minimum Gasteiger partial charge on any atom is -0.256 e. The molecule has 0 aliphatic rings.